The molecule has 0 heterocycles. The molecule has 1 fully saturated rings. The molecule has 6 atom stereocenters. The lowest BCUT2D eigenvalue weighted by molar-refractivity contribution is -0.136. The van der Waals surface area contributed by atoms with Crippen molar-refractivity contribution in [2.75, 3.05) is 32.8 Å². The van der Waals surface area contributed by atoms with Gasteiger partial charge in [-0.1, -0.05) is 93.7 Å². The van der Waals surface area contributed by atoms with Gasteiger partial charge in [-0.05, 0) is 99.5 Å². The van der Waals surface area contributed by atoms with Gasteiger partial charge in [0.1, 0.15) is 36.0 Å². The molecular weight excluding hydrogens is 873 g/mol. The first-order valence-corrected chi connectivity index (χ1v) is 22.7. The van der Waals surface area contributed by atoms with Gasteiger partial charge in [0.05, 0.1) is 18.2 Å². The first kappa shape index (κ1) is 52.8. The van der Waals surface area contributed by atoms with E-state index in [1.165, 1.54) is 30.3 Å². The first-order valence-electron chi connectivity index (χ1n) is 21.6. The Kier molecular flexibility index (Phi) is 22.5. The third-order valence-electron chi connectivity index (χ3n) is 11.4. The molecule has 0 aliphatic heterocycles. The fourth-order valence-corrected chi connectivity index (χ4v) is 8.15. The Labute approximate surface area is 385 Å². The van der Waals surface area contributed by atoms with Crippen LogP contribution in [0.4, 0.5) is 0 Å². The van der Waals surface area contributed by atoms with Crippen LogP contribution in [-0.4, -0.2) is 114 Å². The van der Waals surface area contributed by atoms with E-state index in [-0.39, 0.29) is 51.7 Å². The Bertz CT molecular complexity index is 1900. The van der Waals surface area contributed by atoms with Crippen LogP contribution in [0.1, 0.15) is 95.0 Å². The number of unbranched alkanes of at least 4 members (excludes halogenated alkanes) is 1. The van der Waals surface area contributed by atoms with Crippen molar-refractivity contribution < 1.29 is 39.0 Å². The van der Waals surface area contributed by atoms with Crippen molar-refractivity contribution >= 4 is 70.2 Å². The zero-order valence-corrected chi connectivity index (χ0v) is 38.7. The average Bonchev–Trinajstić information content (AvgIpc) is 3.80. The number of nitrogens with one attached hydrogen (secondary N) is 6. The van der Waals surface area contributed by atoms with Crippen LogP contribution in [0.15, 0.2) is 36.4 Å². The Morgan fingerprint density at radius 2 is 1.43 bits per heavy atom. The highest BCUT2D eigenvalue weighted by Crippen LogP contribution is 2.29. The van der Waals surface area contributed by atoms with Crippen molar-refractivity contribution in [1.29, 1.82) is 0 Å². The third kappa shape index (κ3) is 16.8. The molecule has 0 spiro atoms. The molecule has 0 aromatic heterocycles. The fraction of sp³-hybridized carbons (Fsp3) is 0.556. The lowest BCUT2D eigenvalue weighted by Gasteiger charge is -2.31. The van der Waals surface area contributed by atoms with Gasteiger partial charge in [-0.15, -0.1) is 6.42 Å². The van der Waals surface area contributed by atoms with Gasteiger partial charge in [-0.3, -0.25) is 28.8 Å². The molecule has 0 radical (unpaired) electrons. The van der Waals surface area contributed by atoms with E-state index in [0.29, 0.717) is 31.2 Å². The summed E-state index contributed by atoms with van der Waals surface area (Å²) in [4.78, 5) is 85.1. The predicted molar refractivity (Wildman–Crippen MR) is 244 cm³/mol. The van der Waals surface area contributed by atoms with Crippen molar-refractivity contribution in [2.24, 2.45) is 11.8 Å². The lowest BCUT2D eigenvalue weighted by atomic mass is 9.93. The van der Waals surface area contributed by atoms with Crippen molar-refractivity contribution in [3.8, 4) is 18.1 Å². The summed E-state index contributed by atoms with van der Waals surface area (Å²) < 4.78 is 0. The number of carbonyl (C=O) groups is 6. The van der Waals surface area contributed by atoms with Crippen LogP contribution in [0.2, 0.25) is 15.1 Å². The molecule has 6 amide bonds. The highest BCUT2D eigenvalue weighted by atomic mass is 35.5. The van der Waals surface area contributed by atoms with Crippen LogP contribution in [0, 0.1) is 24.2 Å². The first-order chi connectivity index (χ1) is 30.0. The molecule has 8 N–H and O–H groups in total. The summed E-state index contributed by atoms with van der Waals surface area (Å²) in [6, 6.07) is 2.65. The lowest BCUT2D eigenvalue weighted by Crippen LogP contribution is -2.61. The van der Waals surface area contributed by atoms with Gasteiger partial charge >= 0.3 is 0 Å². The Morgan fingerprint density at radius 3 is 2.02 bits per heavy atom. The van der Waals surface area contributed by atoms with E-state index in [0.717, 1.165) is 38.9 Å². The zero-order valence-electron chi connectivity index (χ0n) is 36.4. The number of phenols is 1. The summed E-state index contributed by atoms with van der Waals surface area (Å²) in [5.74, 6) is -2.66. The van der Waals surface area contributed by atoms with Gasteiger partial charge in [-0.25, -0.2) is 0 Å². The van der Waals surface area contributed by atoms with Gasteiger partial charge in [0.15, 0.2) is 0 Å². The minimum atomic E-state index is -1.33. The summed E-state index contributed by atoms with van der Waals surface area (Å²) in [7, 11) is 0. The number of hydrogen-bond donors (Lipinski definition) is 8. The van der Waals surface area contributed by atoms with Gasteiger partial charge in [-0.2, -0.15) is 0 Å². The molecule has 18 heteroatoms. The van der Waals surface area contributed by atoms with E-state index < -0.39 is 78.2 Å². The SMILES string of the molecule is C#CCNC(=O)C(CO)NC(=O)C(CCCCN(CC)CC)NC(=O)C(NC(=O)C(NC(=O)C(Cc1ccc(O)c(Cl)c1)NC(=O)c1cc(Cl)cc(Cl)c1)C1CCCC1)C(C)CC. The summed E-state index contributed by atoms with van der Waals surface area (Å²) in [5, 5.41) is 36.7. The van der Waals surface area contributed by atoms with E-state index in [1.807, 2.05) is 6.92 Å². The molecule has 2 aromatic carbocycles. The number of benzene rings is 2. The number of carbonyl (C=O) groups excluding carboxylic acids is 6. The summed E-state index contributed by atoms with van der Waals surface area (Å²) in [6.45, 7) is 9.37. The summed E-state index contributed by atoms with van der Waals surface area (Å²) in [6.07, 6.45) is 9.93. The van der Waals surface area contributed by atoms with E-state index in [9.17, 15) is 39.0 Å². The van der Waals surface area contributed by atoms with Crippen LogP contribution < -0.4 is 31.9 Å². The molecule has 1 saturated carbocycles. The smallest absolute Gasteiger partial charge is 0.252 e. The molecule has 1 aliphatic rings. The van der Waals surface area contributed by atoms with Crippen molar-refractivity contribution in [3.05, 3.63) is 62.6 Å². The van der Waals surface area contributed by atoms with Crippen LogP contribution in [0.3, 0.4) is 0 Å². The van der Waals surface area contributed by atoms with Crippen LogP contribution in [0.25, 0.3) is 0 Å². The molecule has 0 saturated heterocycles. The number of phenolic OH excluding ortho intramolecular Hbond substituents is 1. The normalized spacial score (nSPS) is 15.5. The van der Waals surface area contributed by atoms with Gasteiger partial charge in [0.2, 0.25) is 29.5 Å². The summed E-state index contributed by atoms with van der Waals surface area (Å²) in [5.41, 5.74) is 0.597. The minimum absolute atomic E-state index is 0.0373. The second kappa shape index (κ2) is 26.9. The molecule has 15 nitrogen and oxygen atoms in total. The maximum atomic E-state index is 14.4. The van der Waals surface area contributed by atoms with Crippen molar-refractivity contribution in [3.63, 3.8) is 0 Å². The van der Waals surface area contributed by atoms with Crippen molar-refractivity contribution in [2.45, 2.75) is 116 Å². The zero-order chi connectivity index (χ0) is 46.6. The molecular formula is C45H62Cl3N7O8. The predicted octanol–water partition coefficient (Wildman–Crippen LogP) is 4.12. The van der Waals surface area contributed by atoms with Gasteiger partial charge < -0.3 is 47.0 Å². The average molecular weight is 935 g/mol. The number of aliphatic hydroxyl groups is 1. The largest absolute Gasteiger partial charge is 0.506 e. The third-order valence-corrected chi connectivity index (χ3v) is 12.1. The van der Waals surface area contributed by atoms with Crippen LogP contribution in [-0.2, 0) is 30.4 Å². The van der Waals surface area contributed by atoms with E-state index in [1.54, 1.807) is 13.0 Å². The van der Waals surface area contributed by atoms with E-state index >= 15 is 0 Å². The van der Waals surface area contributed by atoms with Gasteiger partial charge in [0, 0.05) is 22.0 Å². The standard InChI is InChI=1S/C45H62Cl3N7O8/c1-6-19-49-41(59)36(26-56)52-42(60)34(16-12-13-20-55(8-3)9-4)50-44(62)38(27(5)7-2)53-45(63)39(29-14-10-11-15-29)54-43(61)35(22-28-17-18-37(57)33(48)21-28)51-40(58)30-23-31(46)25-32(47)24-30/h1,17-18,21,23-25,27,29,34-36,38-39,56-57H,7-16,19-20,22,26H2,2-5H3,(H,49,59)(H,50,62)(H,51,58)(H,52,60)(H,53,63)(H,54,61). The monoisotopic (exact) mass is 933 g/mol. The van der Waals surface area contributed by atoms with Gasteiger partial charge in [0.25, 0.3) is 5.91 Å². The van der Waals surface area contributed by atoms with Crippen LogP contribution >= 0.6 is 34.8 Å². The highest BCUT2D eigenvalue weighted by Gasteiger charge is 2.38. The molecule has 2 aromatic rings. The second-order valence-electron chi connectivity index (χ2n) is 15.8. The maximum absolute atomic E-state index is 14.4. The number of halogens is 3. The highest BCUT2D eigenvalue weighted by molar-refractivity contribution is 6.35. The maximum Gasteiger partial charge on any atom is 0.252 e. The Morgan fingerprint density at radius 1 is 0.794 bits per heavy atom. The van der Waals surface area contributed by atoms with Crippen LogP contribution in [0.5, 0.6) is 5.75 Å². The number of rotatable bonds is 25. The number of amides is 6. The molecule has 1 aliphatic carbocycles. The quantitative estimate of drug-likeness (QED) is 0.0530. The Hall–Kier alpha value is -4.59. The van der Waals surface area contributed by atoms with E-state index in [4.69, 9.17) is 41.2 Å². The fourth-order valence-electron chi connectivity index (χ4n) is 7.42. The van der Waals surface area contributed by atoms with E-state index in [2.05, 4.69) is 56.6 Å². The minimum Gasteiger partial charge on any atom is -0.506 e. The molecule has 3 rings (SSSR count). The Balaban J connectivity index is 1.91. The molecule has 63 heavy (non-hydrogen) atoms. The molecule has 346 valence electrons. The summed E-state index contributed by atoms with van der Waals surface area (Å²) >= 11 is 18.5. The topological polar surface area (TPSA) is 218 Å². The van der Waals surface area contributed by atoms with Crippen molar-refractivity contribution in [1.82, 2.24) is 36.8 Å². The number of aromatic hydroxyl groups is 1. The number of aliphatic hydroxyl groups excluding tert-OH is 1. The molecule has 6 unspecified atom stereocenters. The number of nitrogens with zero attached hydrogens (tertiary/aromatic N) is 1. The molecule has 0 bridgehead atoms. The number of hydrogen-bond acceptors (Lipinski definition) is 9. The number of terminal acetylenes is 1. The second-order valence-corrected chi connectivity index (χ2v) is 17.1.